The Kier molecular flexibility index (Phi) is 8.44. The summed E-state index contributed by atoms with van der Waals surface area (Å²) in [5, 5.41) is 18.3. The predicted molar refractivity (Wildman–Crippen MR) is 138 cm³/mol. The van der Waals surface area contributed by atoms with Crippen LogP contribution in [0.1, 0.15) is 22.1 Å². The molecule has 4 aromatic rings. The summed E-state index contributed by atoms with van der Waals surface area (Å²) in [5.74, 6) is 0.662. The second kappa shape index (κ2) is 11.3. The zero-order valence-electron chi connectivity index (χ0n) is 17.2. The highest BCUT2D eigenvalue weighted by molar-refractivity contribution is 14.0. The third-order valence-corrected chi connectivity index (χ3v) is 6.05. The van der Waals surface area contributed by atoms with Crippen molar-refractivity contribution < 1.29 is 5.11 Å². The Bertz CT molecular complexity index is 1090. The summed E-state index contributed by atoms with van der Waals surface area (Å²) in [6.07, 6.45) is 4.98. The van der Waals surface area contributed by atoms with E-state index in [0.717, 1.165) is 16.8 Å². The Morgan fingerprint density at radius 2 is 1.97 bits per heavy atom. The molecule has 0 saturated carbocycles. The quantitative estimate of drug-likeness (QED) is 0.185. The fourth-order valence-corrected chi connectivity index (χ4v) is 4.35. The summed E-state index contributed by atoms with van der Waals surface area (Å²) in [5.41, 5.74) is 2.39. The summed E-state index contributed by atoms with van der Waals surface area (Å²) in [6, 6.07) is 18.7. The van der Waals surface area contributed by atoms with Crippen molar-refractivity contribution in [3.05, 3.63) is 89.3 Å². The number of aliphatic imine (C=N–C) groups is 1. The topological polar surface area (TPSA) is 74.5 Å². The maximum atomic E-state index is 10.6. The average Bonchev–Trinajstić information content (AvgIpc) is 3.43. The van der Waals surface area contributed by atoms with Crippen LogP contribution in [-0.4, -0.2) is 34.2 Å². The van der Waals surface area contributed by atoms with Crippen LogP contribution in [0.3, 0.4) is 0 Å². The molecule has 6 nitrogen and oxygen atoms in total. The molecule has 0 aliphatic carbocycles. The average molecular weight is 547 g/mol. The van der Waals surface area contributed by atoms with E-state index in [1.165, 1.54) is 15.8 Å². The molecule has 4 rings (SSSR count). The number of halogens is 1. The Labute approximate surface area is 203 Å². The Balaban J connectivity index is 0.00000272. The fraction of sp³-hybridized carbons (Fsp3) is 0.217. The van der Waals surface area contributed by atoms with Crippen LogP contribution in [-0.2, 0) is 13.1 Å². The zero-order valence-corrected chi connectivity index (χ0v) is 20.4. The highest BCUT2D eigenvalue weighted by Crippen LogP contribution is 2.29. The van der Waals surface area contributed by atoms with Crippen LogP contribution in [0.2, 0.25) is 0 Å². The number of rotatable bonds is 7. The number of benzene rings is 2. The van der Waals surface area contributed by atoms with Crippen LogP contribution in [0, 0.1) is 0 Å². The Hall–Kier alpha value is -2.43. The third-order valence-electron chi connectivity index (χ3n) is 4.84. The summed E-state index contributed by atoms with van der Waals surface area (Å²) < 4.78 is 3.23. The van der Waals surface area contributed by atoms with Crippen LogP contribution in [0.5, 0.6) is 0 Å². The monoisotopic (exact) mass is 547 g/mol. The second-order valence-corrected chi connectivity index (χ2v) is 8.18. The first-order valence-corrected chi connectivity index (χ1v) is 10.7. The van der Waals surface area contributed by atoms with Crippen molar-refractivity contribution in [1.29, 1.82) is 0 Å². The van der Waals surface area contributed by atoms with Crippen molar-refractivity contribution in [2.75, 3.05) is 13.6 Å². The maximum Gasteiger partial charge on any atom is 0.191 e. The second-order valence-electron chi connectivity index (χ2n) is 7.06. The van der Waals surface area contributed by atoms with Crippen molar-refractivity contribution in [2.24, 2.45) is 4.99 Å². The number of aliphatic hydroxyl groups is 1. The van der Waals surface area contributed by atoms with Crippen molar-refractivity contribution in [2.45, 2.75) is 19.2 Å². The van der Waals surface area contributed by atoms with Gasteiger partial charge in [-0.3, -0.25) is 4.99 Å². The minimum atomic E-state index is -0.584. The van der Waals surface area contributed by atoms with Gasteiger partial charge in [-0.1, -0.05) is 42.5 Å². The number of hydrogen-bond acceptors (Lipinski definition) is 4. The number of fused-ring (bicyclic) bond motifs is 1. The highest BCUT2D eigenvalue weighted by Gasteiger charge is 2.12. The van der Waals surface area contributed by atoms with E-state index >= 15 is 0 Å². The molecule has 1 atom stereocenters. The van der Waals surface area contributed by atoms with Gasteiger partial charge in [0.1, 0.15) is 6.10 Å². The lowest BCUT2D eigenvalue weighted by Crippen LogP contribution is -2.38. The molecule has 8 heteroatoms. The lowest BCUT2D eigenvalue weighted by Gasteiger charge is -2.15. The first kappa shape index (κ1) is 23.2. The molecule has 1 unspecified atom stereocenters. The third kappa shape index (κ3) is 6.28. The molecule has 0 bridgehead atoms. The molecule has 3 N–H and O–H groups in total. The van der Waals surface area contributed by atoms with Gasteiger partial charge < -0.3 is 20.3 Å². The SMILES string of the molecule is CN=C(NCc1cccc(Cn2ccnc2)c1)NCC(O)c1cc2ccccc2s1.I. The van der Waals surface area contributed by atoms with Crippen molar-refractivity contribution in [3.63, 3.8) is 0 Å². The highest BCUT2D eigenvalue weighted by atomic mass is 127. The van der Waals surface area contributed by atoms with E-state index < -0.39 is 6.10 Å². The molecular weight excluding hydrogens is 521 g/mol. The first-order chi connectivity index (χ1) is 14.7. The standard InChI is InChI=1S/C23H25N5OS.HI/c1-24-23(27-14-20(29)22-12-19-7-2-3-8-21(19)30-22)26-13-17-5-4-6-18(11-17)15-28-10-9-25-16-28;/h2-12,16,20,29H,13-15H2,1H3,(H2,24,26,27);1H. The minimum Gasteiger partial charge on any atom is -0.386 e. The van der Waals surface area contributed by atoms with Gasteiger partial charge in [-0.05, 0) is 28.6 Å². The smallest absolute Gasteiger partial charge is 0.191 e. The molecule has 0 aliphatic heterocycles. The largest absolute Gasteiger partial charge is 0.386 e. The number of hydrogen-bond donors (Lipinski definition) is 3. The van der Waals surface area contributed by atoms with E-state index in [9.17, 15) is 5.11 Å². The van der Waals surface area contributed by atoms with E-state index in [2.05, 4.69) is 57.0 Å². The number of nitrogens with one attached hydrogen (secondary N) is 2. The van der Waals surface area contributed by atoms with Crippen LogP contribution < -0.4 is 10.6 Å². The molecule has 2 aromatic heterocycles. The first-order valence-electron chi connectivity index (χ1n) is 9.86. The molecule has 0 aliphatic rings. The fourth-order valence-electron chi connectivity index (χ4n) is 3.30. The number of aromatic nitrogens is 2. The maximum absolute atomic E-state index is 10.6. The van der Waals surface area contributed by atoms with Crippen LogP contribution in [0.4, 0.5) is 0 Å². The number of guanidine groups is 1. The number of aliphatic hydroxyl groups excluding tert-OH is 1. The zero-order chi connectivity index (χ0) is 20.8. The van der Waals surface area contributed by atoms with E-state index in [1.807, 2.05) is 35.3 Å². The summed E-state index contributed by atoms with van der Waals surface area (Å²) in [7, 11) is 1.73. The van der Waals surface area contributed by atoms with Crippen molar-refractivity contribution in [3.8, 4) is 0 Å². The molecule has 0 fully saturated rings. The Morgan fingerprint density at radius 1 is 1.13 bits per heavy atom. The molecule has 162 valence electrons. The van der Waals surface area contributed by atoms with Gasteiger partial charge in [-0.2, -0.15) is 0 Å². The molecular formula is C23H26IN5OS. The molecule has 0 saturated heterocycles. The van der Waals surface area contributed by atoms with E-state index in [4.69, 9.17) is 0 Å². The summed E-state index contributed by atoms with van der Waals surface area (Å²) in [6.45, 7) is 1.84. The van der Waals surface area contributed by atoms with Crippen LogP contribution in [0.25, 0.3) is 10.1 Å². The number of imidazole rings is 1. The van der Waals surface area contributed by atoms with Gasteiger partial charge in [0.15, 0.2) is 5.96 Å². The lowest BCUT2D eigenvalue weighted by molar-refractivity contribution is 0.184. The predicted octanol–water partition coefficient (Wildman–Crippen LogP) is 4.16. The van der Waals surface area contributed by atoms with Gasteiger partial charge >= 0.3 is 0 Å². The normalized spacial score (nSPS) is 12.4. The molecule has 2 heterocycles. The van der Waals surface area contributed by atoms with Crippen LogP contribution in [0.15, 0.2) is 78.3 Å². The van der Waals surface area contributed by atoms with E-state index in [-0.39, 0.29) is 24.0 Å². The van der Waals surface area contributed by atoms with Crippen LogP contribution >= 0.6 is 35.3 Å². The molecule has 0 spiro atoms. The Morgan fingerprint density at radius 3 is 2.74 bits per heavy atom. The van der Waals surface area contributed by atoms with Gasteiger partial charge in [0.05, 0.1) is 6.33 Å². The minimum absolute atomic E-state index is 0. The molecule has 31 heavy (non-hydrogen) atoms. The van der Waals surface area contributed by atoms with E-state index in [1.54, 1.807) is 24.6 Å². The van der Waals surface area contributed by atoms with Gasteiger partial charge in [-0.25, -0.2) is 4.98 Å². The summed E-state index contributed by atoms with van der Waals surface area (Å²) >= 11 is 1.62. The lowest BCUT2D eigenvalue weighted by atomic mass is 10.1. The van der Waals surface area contributed by atoms with Crippen molar-refractivity contribution >= 4 is 51.4 Å². The molecule has 0 amide bonds. The van der Waals surface area contributed by atoms with E-state index in [0.29, 0.717) is 19.0 Å². The van der Waals surface area contributed by atoms with Gasteiger partial charge in [-0.15, -0.1) is 35.3 Å². The van der Waals surface area contributed by atoms with Crippen molar-refractivity contribution in [1.82, 2.24) is 20.2 Å². The number of thiophene rings is 1. The van der Waals surface area contributed by atoms with Gasteiger partial charge in [0, 0.05) is 48.7 Å². The number of nitrogens with zero attached hydrogens (tertiary/aromatic N) is 3. The van der Waals surface area contributed by atoms with Gasteiger partial charge in [0.2, 0.25) is 0 Å². The van der Waals surface area contributed by atoms with Gasteiger partial charge in [0.25, 0.3) is 0 Å². The molecule has 2 aromatic carbocycles. The molecule has 0 radical (unpaired) electrons. The summed E-state index contributed by atoms with van der Waals surface area (Å²) in [4.78, 5) is 9.31.